The van der Waals surface area contributed by atoms with Crippen molar-refractivity contribution in [3.63, 3.8) is 0 Å². The predicted molar refractivity (Wildman–Crippen MR) is 123 cm³/mol. The van der Waals surface area contributed by atoms with Gasteiger partial charge in [0.05, 0.1) is 23.9 Å². The monoisotopic (exact) mass is 466 g/mol. The van der Waals surface area contributed by atoms with Crippen LogP contribution >= 0.6 is 0 Å². The highest BCUT2D eigenvalue weighted by molar-refractivity contribution is 6.46. The first-order valence-electron chi connectivity index (χ1n) is 10.4. The van der Waals surface area contributed by atoms with Crippen molar-refractivity contribution in [3.05, 3.63) is 94.7 Å². The van der Waals surface area contributed by atoms with E-state index >= 15 is 0 Å². The molecule has 1 heterocycles. The third kappa shape index (κ3) is 4.26. The van der Waals surface area contributed by atoms with Gasteiger partial charge < -0.3 is 10.1 Å². The van der Waals surface area contributed by atoms with E-state index in [1.165, 1.54) is 19.2 Å². The molecule has 8 heteroatoms. The number of benzene rings is 3. The Balaban J connectivity index is 1.82. The van der Waals surface area contributed by atoms with Gasteiger partial charge in [0.2, 0.25) is 0 Å². The average molecular weight is 466 g/mol. The number of hydrogen-bond donors (Lipinski definition) is 1. The Morgan fingerprint density at radius 1 is 0.853 bits per heavy atom. The number of aryl methyl sites for hydroxylation is 2. The number of nitrogens with zero attached hydrogens (tertiary/aromatic N) is 1. The summed E-state index contributed by atoms with van der Waals surface area (Å²) in [6, 6.07) is 16.2. The van der Waals surface area contributed by atoms with Crippen LogP contribution in [0.2, 0.25) is 0 Å². The summed E-state index contributed by atoms with van der Waals surface area (Å²) in [4.78, 5) is 27.9. The van der Waals surface area contributed by atoms with Gasteiger partial charge in [-0.05, 0) is 73.0 Å². The molecule has 0 fully saturated rings. The van der Waals surface area contributed by atoms with Gasteiger partial charge >= 0.3 is 6.18 Å². The first-order valence-corrected chi connectivity index (χ1v) is 10.4. The first kappa shape index (κ1) is 23.1. The molecule has 0 radical (unpaired) electrons. The maximum atomic E-state index is 13.5. The number of carbonyl (C=O) groups is 2. The molecule has 0 atom stereocenters. The predicted octanol–water partition coefficient (Wildman–Crippen LogP) is 5.73. The van der Waals surface area contributed by atoms with Crippen LogP contribution < -0.4 is 15.0 Å². The number of amides is 2. The molecule has 0 bridgehead atoms. The molecule has 0 aliphatic carbocycles. The molecule has 1 N–H and O–H groups in total. The lowest BCUT2D eigenvalue weighted by Crippen LogP contribution is -2.32. The quantitative estimate of drug-likeness (QED) is 0.488. The van der Waals surface area contributed by atoms with E-state index in [-0.39, 0.29) is 17.0 Å². The number of halogens is 3. The second-order valence-electron chi connectivity index (χ2n) is 7.90. The van der Waals surface area contributed by atoms with E-state index in [0.717, 1.165) is 28.2 Å². The number of ether oxygens (including phenoxy) is 1. The number of carbonyl (C=O) groups excluding carboxylic acids is 2. The third-order valence-electron chi connectivity index (χ3n) is 5.67. The summed E-state index contributed by atoms with van der Waals surface area (Å²) in [5.74, 6) is -0.693. The van der Waals surface area contributed by atoms with Gasteiger partial charge in [-0.25, -0.2) is 4.90 Å². The zero-order chi connectivity index (χ0) is 24.6. The van der Waals surface area contributed by atoms with E-state index in [9.17, 15) is 22.8 Å². The molecular formula is C26H21F3N2O3. The van der Waals surface area contributed by atoms with Crippen molar-refractivity contribution in [3.8, 4) is 5.75 Å². The Kier molecular flexibility index (Phi) is 5.91. The van der Waals surface area contributed by atoms with E-state index in [1.54, 1.807) is 36.4 Å². The zero-order valence-corrected chi connectivity index (χ0v) is 18.7. The molecule has 3 aromatic carbocycles. The second-order valence-corrected chi connectivity index (χ2v) is 7.90. The molecule has 1 aliphatic rings. The van der Waals surface area contributed by atoms with Gasteiger partial charge in [0.1, 0.15) is 11.4 Å². The molecule has 4 rings (SSSR count). The summed E-state index contributed by atoms with van der Waals surface area (Å²) in [7, 11) is 1.50. The topological polar surface area (TPSA) is 58.6 Å². The summed E-state index contributed by atoms with van der Waals surface area (Å²) in [6.45, 7) is 3.79. The minimum Gasteiger partial charge on any atom is -0.497 e. The Morgan fingerprint density at radius 3 is 2.18 bits per heavy atom. The molecule has 1 aliphatic heterocycles. The van der Waals surface area contributed by atoms with Crippen molar-refractivity contribution in [1.29, 1.82) is 0 Å². The fourth-order valence-electron chi connectivity index (χ4n) is 3.69. The van der Waals surface area contributed by atoms with E-state index in [4.69, 9.17) is 4.74 Å². The molecule has 0 spiro atoms. The second kappa shape index (κ2) is 8.70. The summed E-state index contributed by atoms with van der Waals surface area (Å²) in [6.07, 6.45) is -4.55. The van der Waals surface area contributed by atoms with Crippen LogP contribution in [0.4, 0.5) is 24.5 Å². The number of hydrogen-bond acceptors (Lipinski definition) is 4. The van der Waals surface area contributed by atoms with Gasteiger partial charge in [-0.3, -0.25) is 9.59 Å². The normalized spacial score (nSPS) is 14.1. The molecule has 5 nitrogen and oxygen atoms in total. The molecule has 0 unspecified atom stereocenters. The van der Waals surface area contributed by atoms with Gasteiger partial charge in [0.25, 0.3) is 11.8 Å². The Bertz CT molecular complexity index is 1310. The van der Waals surface area contributed by atoms with Crippen molar-refractivity contribution in [1.82, 2.24) is 0 Å². The van der Waals surface area contributed by atoms with Crippen molar-refractivity contribution in [2.24, 2.45) is 0 Å². The van der Waals surface area contributed by atoms with Crippen LogP contribution in [-0.2, 0) is 15.8 Å². The zero-order valence-electron chi connectivity index (χ0n) is 18.7. The Morgan fingerprint density at radius 2 is 1.56 bits per heavy atom. The van der Waals surface area contributed by atoms with Crippen LogP contribution in [0.5, 0.6) is 5.75 Å². The maximum absolute atomic E-state index is 13.5. The van der Waals surface area contributed by atoms with Crippen LogP contribution in [0, 0.1) is 13.8 Å². The van der Waals surface area contributed by atoms with Gasteiger partial charge in [0, 0.05) is 5.69 Å². The van der Waals surface area contributed by atoms with Crippen molar-refractivity contribution in [2.75, 3.05) is 17.3 Å². The largest absolute Gasteiger partial charge is 0.497 e. The number of alkyl halides is 3. The van der Waals surface area contributed by atoms with E-state index < -0.39 is 23.6 Å². The lowest BCUT2D eigenvalue weighted by molar-refractivity contribution is -0.137. The minimum absolute atomic E-state index is 0.0453. The molecule has 2 amide bonds. The Hall–Kier alpha value is -4.07. The van der Waals surface area contributed by atoms with E-state index in [1.807, 2.05) is 19.9 Å². The van der Waals surface area contributed by atoms with Crippen molar-refractivity contribution < 1.29 is 27.5 Å². The molecule has 0 saturated carbocycles. The average Bonchev–Trinajstić information content (AvgIpc) is 3.04. The molecule has 0 saturated heterocycles. The molecule has 174 valence electrons. The Labute approximate surface area is 194 Å². The summed E-state index contributed by atoms with van der Waals surface area (Å²) in [5, 5.41) is 2.78. The summed E-state index contributed by atoms with van der Waals surface area (Å²) >= 11 is 0. The molecule has 0 aromatic heterocycles. The van der Waals surface area contributed by atoms with Crippen LogP contribution in [-0.4, -0.2) is 18.9 Å². The third-order valence-corrected chi connectivity index (χ3v) is 5.67. The number of methoxy groups -OCH3 is 1. The summed E-state index contributed by atoms with van der Waals surface area (Å²) in [5.41, 5.74) is 1.89. The van der Waals surface area contributed by atoms with E-state index in [2.05, 4.69) is 5.32 Å². The molecule has 3 aromatic rings. The van der Waals surface area contributed by atoms with Crippen LogP contribution in [0.25, 0.3) is 5.57 Å². The fraction of sp³-hybridized carbons (Fsp3) is 0.154. The molecule has 34 heavy (non-hydrogen) atoms. The lowest BCUT2D eigenvalue weighted by Gasteiger charge is -2.16. The number of anilines is 2. The fourth-order valence-corrected chi connectivity index (χ4v) is 3.69. The summed E-state index contributed by atoms with van der Waals surface area (Å²) < 4.78 is 44.8. The maximum Gasteiger partial charge on any atom is 0.416 e. The van der Waals surface area contributed by atoms with Gasteiger partial charge in [0.15, 0.2) is 0 Å². The van der Waals surface area contributed by atoms with Gasteiger partial charge in [-0.2, -0.15) is 13.2 Å². The SMILES string of the molecule is COc1ccc(N2C(=O)C(Nc3cccc(C(F)(F)F)c3)=C(c3ccc(C)c(C)c3)C2=O)cc1. The highest BCUT2D eigenvalue weighted by atomic mass is 19.4. The molecular weight excluding hydrogens is 445 g/mol. The van der Waals surface area contributed by atoms with Crippen LogP contribution in [0.1, 0.15) is 22.3 Å². The van der Waals surface area contributed by atoms with Crippen LogP contribution in [0.3, 0.4) is 0 Å². The minimum atomic E-state index is -4.55. The van der Waals surface area contributed by atoms with Crippen LogP contribution in [0.15, 0.2) is 72.4 Å². The standard InChI is InChI=1S/C26H21F3N2O3/c1-15-7-8-17(13-16(15)2)22-23(30-19-6-4-5-18(14-19)26(27,28)29)25(33)31(24(22)32)20-9-11-21(34-3)12-10-20/h4-14,30H,1-3H3. The van der Waals surface area contributed by atoms with Crippen molar-refractivity contribution in [2.45, 2.75) is 20.0 Å². The number of nitrogens with one attached hydrogen (secondary N) is 1. The van der Waals surface area contributed by atoms with E-state index in [0.29, 0.717) is 17.0 Å². The lowest BCUT2D eigenvalue weighted by atomic mass is 9.99. The number of imide groups is 1. The van der Waals surface area contributed by atoms with Crippen molar-refractivity contribution >= 4 is 28.8 Å². The highest BCUT2D eigenvalue weighted by Gasteiger charge is 2.40. The highest BCUT2D eigenvalue weighted by Crippen LogP contribution is 2.36. The number of rotatable bonds is 5. The smallest absolute Gasteiger partial charge is 0.416 e. The first-order chi connectivity index (χ1) is 16.1. The van der Waals surface area contributed by atoms with Gasteiger partial charge in [-0.1, -0.05) is 24.3 Å². The van der Waals surface area contributed by atoms with Gasteiger partial charge in [-0.15, -0.1) is 0 Å².